The van der Waals surface area contributed by atoms with Crippen LogP contribution in [0.3, 0.4) is 0 Å². The molecular weight excluding hydrogens is 326 g/mol. The molecule has 0 saturated carbocycles. The van der Waals surface area contributed by atoms with Crippen molar-refractivity contribution < 1.29 is 9.53 Å². The van der Waals surface area contributed by atoms with Crippen LogP contribution in [0, 0.1) is 5.92 Å². The van der Waals surface area contributed by atoms with Crippen molar-refractivity contribution >= 4 is 5.91 Å². The normalized spacial score (nSPS) is 17.7. The predicted molar refractivity (Wildman–Crippen MR) is 102 cm³/mol. The van der Waals surface area contributed by atoms with Gasteiger partial charge in [0, 0.05) is 20.1 Å². The van der Waals surface area contributed by atoms with Crippen LogP contribution in [0.5, 0.6) is 0 Å². The number of carbonyl (C=O) groups is 1. The van der Waals surface area contributed by atoms with Crippen LogP contribution in [0.25, 0.3) is 0 Å². The van der Waals surface area contributed by atoms with Gasteiger partial charge < -0.3 is 9.64 Å². The van der Waals surface area contributed by atoms with Crippen LogP contribution in [0.4, 0.5) is 0 Å². The zero-order chi connectivity index (χ0) is 18.5. The summed E-state index contributed by atoms with van der Waals surface area (Å²) in [4.78, 5) is 14.9. The number of rotatable bonds is 6. The van der Waals surface area contributed by atoms with Crippen molar-refractivity contribution in [2.45, 2.75) is 45.8 Å². The van der Waals surface area contributed by atoms with Gasteiger partial charge in [-0.25, -0.2) is 0 Å². The Bertz CT molecular complexity index is 724. The summed E-state index contributed by atoms with van der Waals surface area (Å²) in [6, 6.07) is 12.1. The largest absolute Gasteiger partial charge is 0.372 e. The summed E-state index contributed by atoms with van der Waals surface area (Å²) in [7, 11) is 1.85. The summed E-state index contributed by atoms with van der Waals surface area (Å²) in [5.74, 6) is 0.585. The molecule has 3 rings (SSSR count). The lowest BCUT2D eigenvalue weighted by molar-refractivity contribution is -0.00702. The van der Waals surface area contributed by atoms with E-state index in [1.165, 1.54) is 5.56 Å². The van der Waals surface area contributed by atoms with Crippen LogP contribution < -0.4 is 0 Å². The van der Waals surface area contributed by atoms with E-state index in [0.717, 1.165) is 31.5 Å². The van der Waals surface area contributed by atoms with Gasteiger partial charge in [-0.3, -0.25) is 9.48 Å². The Kier molecular flexibility index (Phi) is 6.09. The van der Waals surface area contributed by atoms with Gasteiger partial charge in [-0.1, -0.05) is 44.2 Å². The van der Waals surface area contributed by atoms with Gasteiger partial charge >= 0.3 is 0 Å². The Morgan fingerprint density at radius 3 is 2.81 bits per heavy atom. The number of piperidine rings is 1. The van der Waals surface area contributed by atoms with Crippen molar-refractivity contribution in [1.29, 1.82) is 0 Å². The highest BCUT2D eigenvalue weighted by Crippen LogP contribution is 2.18. The molecular formula is C21H29N3O2. The highest BCUT2D eigenvalue weighted by molar-refractivity contribution is 5.92. The summed E-state index contributed by atoms with van der Waals surface area (Å²) < 4.78 is 7.77. The third-order valence-electron chi connectivity index (χ3n) is 4.76. The van der Waals surface area contributed by atoms with E-state index < -0.39 is 0 Å². The van der Waals surface area contributed by atoms with Crippen LogP contribution in [0.15, 0.2) is 36.4 Å². The average molecular weight is 355 g/mol. The SMILES string of the molecule is CC(C)Cc1cc(C(=O)N2CCCC(OCc3ccccc3)C2)n(C)n1. The molecule has 2 aromatic rings. The van der Waals surface area contributed by atoms with E-state index in [2.05, 4.69) is 31.1 Å². The topological polar surface area (TPSA) is 47.4 Å². The molecule has 0 N–H and O–H groups in total. The number of carbonyl (C=O) groups excluding carboxylic acids is 1. The summed E-state index contributed by atoms with van der Waals surface area (Å²) in [6.45, 7) is 6.35. The minimum Gasteiger partial charge on any atom is -0.372 e. The van der Waals surface area contributed by atoms with Crippen molar-refractivity contribution in [3.63, 3.8) is 0 Å². The Labute approximate surface area is 156 Å². The zero-order valence-corrected chi connectivity index (χ0v) is 16.0. The van der Waals surface area contributed by atoms with Gasteiger partial charge in [0.2, 0.25) is 0 Å². The van der Waals surface area contributed by atoms with Gasteiger partial charge in [-0.2, -0.15) is 5.10 Å². The molecule has 0 spiro atoms. The molecule has 0 radical (unpaired) electrons. The third kappa shape index (κ3) is 4.73. The molecule has 26 heavy (non-hydrogen) atoms. The molecule has 1 amide bonds. The van der Waals surface area contributed by atoms with Crippen molar-refractivity contribution in [3.05, 3.63) is 53.3 Å². The smallest absolute Gasteiger partial charge is 0.272 e. The quantitative estimate of drug-likeness (QED) is 0.797. The van der Waals surface area contributed by atoms with Gasteiger partial charge in [-0.05, 0) is 36.8 Å². The summed E-state index contributed by atoms with van der Waals surface area (Å²) >= 11 is 0. The number of benzene rings is 1. The minimum atomic E-state index is 0.0583. The predicted octanol–water partition coefficient (Wildman–Crippen LogP) is 3.44. The molecule has 1 aromatic carbocycles. The van der Waals surface area contributed by atoms with E-state index in [0.29, 0.717) is 24.8 Å². The second kappa shape index (κ2) is 8.49. The van der Waals surface area contributed by atoms with Crippen LogP contribution in [0.1, 0.15) is 48.4 Å². The van der Waals surface area contributed by atoms with Gasteiger partial charge in [0.05, 0.1) is 18.4 Å². The molecule has 1 atom stereocenters. The Morgan fingerprint density at radius 2 is 2.08 bits per heavy atom. The first-order chi connectivity index (χ1) is 12.5. The molecule has 5 nitrogen and oxygen atoms in total. The second-order valence-corrected chi connectivity index (χ2v) is 7.55. The van der Waals surface area contributed by atoms with Gasteiger partial charge in [0.25, 0.3) is 5.91 Å². The molecule has 1 aliphatic rings. The molecule has 2 heterocycles. The van der Waals surface area contributed by atoms with Crippen LogP contribution >= 0.6 is 0 Å². The Morgan fingerprint density at radius 1 is 1.31 bits per heavy atom. The van der Waals surface area contributed by atoms with Gasteiger partial charge in [-0.15, -0.1) is 0 Å². The van der Waals surface area contributed by atoms with Crippen LogP contribution in [-0.2, 0) is 24.8 Å². The number of ether oxygens (including phenoxy) is 1. The lowest BCUT2D eigenvalue weighted by Crippen LogP contribution is -2.43. The minimum absolute atomic E-state index is 0.0583. The fraction of sp³-hybridized carbons (Fsp3) is 0.524. The number of hydrogen-bond acceptors (Lipinski definition) is 3. The fourth-order valence-corrected chi connectivity index (χ4v) is 3.45. The monoisotopic (exact) mass is 355 g/mol. The summed E-state index contributed by atoms with van der Waals surface area (Å²) in [6.07, 6.45) is 2.96. The molecule has 0 bridgehead atoms. The number of aromatic nitrogens is 2. The summed E-state index contributed by atoms with van der Waals surface area (Å²) in [5, 5.41) is 4.50. The molecule has 140 valence electrons. The van der Waals surface area contributed by atoms with Gasteiger partial charge in [0.1, 0.15) is 5.69 Å². The number of hydrogen-bond donors (Lipinski definition) is 0. The van der Waals surface area contributed by atoms with E-state index in [1.54, 1.807) is 4.68 Å². The maximum atomic E-state index is 12.9. The fourth-order valence-electron chi connectivity index (χ4n) is 3.45. The highest BCUT2D eigenvalue weighted by Gasteiger charge is 2.27. The molecule has 1 aromatic heterocycles. The molecule has 1 unspecified atom stereocenters. The van der Waals surface area contributed by atoms with Gasteiger partial charge in [0.15, 0.2) is 0 Å². The molecule has 1 aliphatic heterocycles. The van der Waals surface area contributed by atoms with Crippen LogP contribution in [0.2, 0.25) is 0 Å². The first-order valence-electron chi connectivity index (χ1n) is 9.50. The van der Waals surface area contributed by atoms with E-state index in [-0.39, 0.29) is 12.0 Å². The first-order valence-corrected chi connectivity index (χ1v) is 9.50. The zero-order valence-electron chi connectivity index (χ0n) is 16.0. The molecule has 1 fully saturated rings. The van der Waals surface area contributed by atoms with Crippen LogP contribution in [-0.4, -0.2) is 39.8 Å². The molecule has 5 heteroatoms. The maximum Gasteiger partial charge on any atom is 0.272 e. The highest BCUT2D eigenvalue weighted by atomic mass is 16.5. The lowest BCUT2D eigenvalue weighted by Gasteiger charge is -2.32. The standard InChI is InChI=1S/C21H29N3O2/c1-16(2)12-18-13-20(23(3)22-18)21(25)24-11-7-10-19(14-24)26-15-17-8-5-4-6-9-17/h4-6,8-9,13,16,19H,7,10-12,14-15H2,1-3H3. The van der Waals surface area contributed by atoms with E-state index >= 15 is 0 Å². The lowest BCUT2D eigenvalue weighted by atomic mass is 10.1. The van der Waals surface area contributed by atoms with E-state index in [9.17, 15) is 4.79 Å². The van der Waals surface area contributed by atoms with E-state index in [1.807, 2.05) is 36.2 Å². The Balaban J connectivity index is 1.60. The molecule has 1 saturated heterocycles. The first kappa shape index (κ1) is 18.6. The summed E-state index contributed by atoms with van der Waals surface area (Å²) in [5.41, 5.74) is 2.82. The number of likely N-dealkylation sites (tertiary alicyclic amines) is 1. The number of amides is 1. The maximum absolute atomic E-state index is 12.9. The number of nitrogens with zero attached hydrogens (tertiary/aromatic N) is 3. The second-order valence-electron chi connectivity index (χ2n) is 7.55. The van der Waals surface area contributed by atoms with E-state index in [4.69, 9.17) is 4.74 Å². The Hall–Kier alpha value is -2.14. The van der Waals surface area contributed by atoms with Crippen molar-refractivity contribution in [3.8, 4) is 0 Å². The van der Waals surface area contributed by atoms with Crippen molar-refractivity contribution in [2.75, 3.05) is 13.1 Å². The number of aryl methyl sites for hydroxylation is 1. The average Bonchev–Trinajstić information content (AvgIpc) is 3.00. The third-order valence-corrected chi connectivity index (χ3v) is 4.76. The molecule has 0 aliphatic carbocycles. The van der Waals surface area contributed by atoms with Crippen molar-refractivity contribution in [1.82, 2.24) is 14.7 Å². The van der Waals surface area contributed by atoms with Crippen molar-refractivity contribution in [2.24, 2.45) is 13.0 Å².